The van der Waals surface area contributed by atoms with Crippen LogP contribution in [0.1, 0.15) is 5.56 Å². The van der Waals surface area contributed by atoms with Gasteiger partial charge >= 0.3 is 0 Å². The molecule has 0 saturated carbocycles. The third-order valence-electron chi connectivity index (χ3n) is 3.37. The summed E-state index contributed by atoms with van der Waals surface area (Å²) >= 11 is 0. The fourth-order valence-corrected chi connectivity index (χ4v) is 2.33. The van der Waals surface area contributed by atoms with Gasteiger partial charge in [-0.1, -0.05) is 30.3 Å². The number of hydrogen-bond acceptors (Lipinski definition) is 2. The van der Waals surface area contributed by atoms with Gasteiger partial charge in [0.05, 0.1) is 12.8 Å². The van der Waals surface area contributed by atoms with E-state index in [1.807, 2.05) is 36.5 Å². The Hall–Kier alpha value is -2.35. The number of aromatic nitrogens is 1. The molecule has 19 heavy (non-hydrogen) atoms. The van der Waals surface area contributed by atoms with Crippen LogP contribution in [0.15, 0.2) is 54.7 Å². The number of rotatable bonds is 2. The Morgan fingerprint density at radius 2 is 1.84 bits per heavy atom. The summed E-state index contributed by atoms with van der Waals surface area (Å²) < 4.78 is 5.32. The van der Waals surface area contributed by atoms with Crippen molar-refractivity contribution in [3.8, 4) is 17.0 Å². The van der Waals surface area contributed by atoms with Gasteiger partial charge in [-0.3, -0.25) is 4.98 Å². The van der Waals surface area contributed by atoms with Gasteiger partial charge in [0.2, 0.25) is 0 Å². The molecule has 2 nitrogen and oxygen atoms in total. The van der Waals surface area contributed by atoms with Crippen LogP contribution in [0, 0.1) is 6.92 Å². The zero-order valence-corrected chi connectivity index (χ0v) is 11.1. The highest BCUT2D eigenvalue weighted by Gasteiger charge is 2.08. The standard InChI is InChI=1S/C17H15NO/c1-12-5-3-4-6-15(12)17-16-11-14(19-2)8-7-13(16)9-10-18-17/h3-11H,1-2H3. The minimum absolute atomic E-state index is 0.857. The van der Waals surface area contributed by atoms with Crippen molar-refractivity contribution in [2.24, 2.45) is 0 Å². The Labute approximate surface area is 112 Å². The summed E-state index contributed by atoms with van der Waals surface area (Å²) in [4.78, 5) is 4.56. The smallest absolute Gasteiger partial charge is 0.119 e. The van der Waals surface area contributed by atoms with E-state index in [2.05, 4.69) is 30.1 Å². The molecule has 1 aromatic heterocycles. The Bertz CT molecular complexity index is 734. The van der Waals surface area contributed by atoms with Gasteiger partial charge in [0, 0.05) is 17.1 Å². The summed E-state index contributed by atoms with van der Waals surface area (Å²) in [7, 11) is 1.69. The van der Waals surface area contributed by atoms with Crippen LogP contribution in [0.5, 0.6) is 5.75 Å². The average Bonchev–Trinajstić information content (AvgIpc) is 2.47. The lowest BCUT2D eigenvalue weighted by Gasteiger charge is -2.09. The molecule has 0 aliphatic rings. The molecule has 3 aromatic rings. The summed E-state index contributed by atoms with van der Waals surface area (Å²) in [6.45, 7) is 2.11. The molecule has 2 aromatic carbocycles. The van der Waals surface area contributed by atoms with Crippen LogP contribution >= 0.6 is 0 Å². The first-order valence-electron chi connectivity index (χ1n) is 6.28. The second kappa shape index (κ2) is 4.73. The number of fused-ring (bicyclic) bond motifs is 1. The minimum atomic E-state index is 0.857. The highest BCUT2D eigenvalue weighted by atomic mass is 16.5. The maximum absolute atomic E-state index is 5.32. The van der Waals surface area contributed by atoms with Gasteiger partial charge in [-0.2, -0.15) is 0 Å². The van der Waals surface area contributed by atoms with Gasteiger partial charge in [0.25, 0.3) is 0 Å². The van der Waals surface area contributed by atoms with E-state index in [-0.39, 0.29) is 0 Å². The topological polar surface area (TPSA) is 22.1 Å². The minimum Gasteiger partial charge on any atom is -0.497 e. The van der Waals surface area contributed by atoms with E-state index in [1.165, 1.54) is 16.5 Å². The first-order valence-corrected chi connectivity index (χ1v) is 6.28. The third-order valence-corrected chi connectivity index (χ3v) is 3.37. The van der Waals surface area contributed by atoms with Crippen LogP contribution in [0.3, 0.4) is 0 Å². The quantitative estimate of drug-likeness (QED) is 0.678. The number of benzene rings is 2. The lowest BCUT2D eigenvalue weighted by atomic mass is 10.0. The van der Waals surface area contributed by atoms with Crippen molar-refractivity contribution in [1.82, 2.24) is 4.98 Å². The number of pyridine rings is 1. The van der Waals surface area contributed by atoms with E-state index >= 15 is 0 Å². The van der Waals surface area contributed by atoms with E-state index in [4.69, 9.17) is 4.74 Å². The fourth-order valence-electron chi connectivity index (χ4n) is 2.33. The highest BCUT2D eigenvalue weighted by molar-refractivity contribution is 5.95. The van der Waals surface area contributed by atoms with Crippen molar-refractivity contribution in [1.29, 1.82) is 0 Å². The van der Waals surface area contributed by atoms with Crippen LogP contribution in [-0.2, 0) is 0 Å². The largest absolute Gasteiger partial charge is 0.497 e. The number of hydrogen-bond donors (Lipinski definition) is 0. The van der Waals surface area contributed by atoms with E-state index < -0.39 is 0 Å². The Balaban J connectivity index is 2.32. The Morgan fingerprint density at radius 1 is 1.00 bits per heavy atom. The molecule has 0 saturated heterocycles. The molecule has 0 fully saturated rings. The Morgan fingerprint density at radius 3 is 2.63 bits per heavy atom. The van der Waals surface area contributed by atoms with Gasteiger partial charge < -0.3 is 4.74 Å². The van der Waals surface area contributed by atoms with E-state index in [0.29, 0.717) is 0 Å². The normalized spacial score (nSPS) is 10.6. The summed E-state index contributed by atoms with van der Waals surface area (Å²) in [5.41, 5.74) is 3.40. The monoisotopic (exact) mass is 249 g/mol. The van der Waals surface area contributed by atoms with Crippen molar-refractivity contribution in [3.05, 3.63) is 60.3 Å². The summed E-state index contributed by atoms with van der Waals surface area (Å²) in [5.74, 6) is 0.857. The third kappa shape index (κ3) is 2.06. The van der Waals surface area contributed by atoms with Gasteiger partial charge in [0.1, 0.15) is 5.75 Å². The molecule has 2 heteroatoms. The van der Waals surface area contributed by atoms with Crippen molar-refractivity contribution < 1.29 is 4.74 Å². The van der Waals surface area contributed by atoms with Gasteiger partial charge in [-0.25, -0.2) is 0 Å². The lowest BCUT2D eigenvalue weighted by Crippen LogP contribution is -1.90. The SMILES string of the molecule is COc1ccc2ccnc(-c3ccccc3C)c2c1. The first-order chi connectivity index (χ1) is 9.29. The molecule has 0 aliphatic carbocycles. The van der Waals surface area contributed by atoms with E-state index in [1.54, 1.807) is 7.11 Å². The van der Waals surface area contributed by atoms with Crippen LogP contribution in [0.4, 0.5) is 0 Å². The zero-order valence-electron chi connectivity index (χ0n) is 11.1. The number of ether oxygens (including phenoxy) is 1. The van der Waals surface area contributed by atoms with E-state index in [0.717, 1.165) is 16.8 Å². The first kappa shape index (κ1) is 11.7. The number of nitrogens with zero attached hydrogens (tertiary/aromatic N) is 1. The molecule has 3 rings (SSSR count). The number of aryl methyl sites for hydroxylation is 1. The molecule has 1 heterocycles. The molecule has 0 bridgehead atoms. The molecule has 94 valence electrons. The second-order valence-corrected chi connectivity index (χ2v) is 4.56. The van der Waals surface area contributed by atoms with Gasteiger partial charge in [0.15, 0.2) is 0 Å². The summed E-state index contributed by atoms with van der Waals surface area (Å²) in [6, 6.07) is 16.4. The predicted molar refractivity (Wildman–Crippen MR) is 78.5 cm³/mol. The Kier molecular flexibility index (Phi) is 2.92. The van der Waals surface area contributed by atoms with Gasteiger partial charge in [-0.15, -0.1) is 0 Å². The van der Waals surface area contributed by atoms with E-state index in [9.17, 15) is 0 Å². The lowest BCUT2D eigenvalue weighted by molar-refractivity contribution is 0.415. The zero-order chi connectivity index (χ0) is 13.2. The average molecular weight is 249 g/mol. The molecule has 0 spiro atoms. The molecule has 0 radical (unpaired) electrons. The van der Waals surface area contributed by atoms with Crippen LogP contribution < -0.4 is 4.74 Å². The second-order valence-electron chi connectivity index (χ2n) is 4.56. The molecule has 0 aliphatic heterocycles. The number of methoxy groups -OCH3 is 1. The molecule has 0 atom stereocenters. The molecule has 0 N–H and O–H groups in total. The van der Waals surface area contributed by atoms with Crippen LogP contribution in [0.2, 0.25) is 0 Å². The summed E-state index contributed by atoms with van der Waals surface area (Å²) in [5, 5.41) is 2.30. The maximum atomic E-state index is 5.32. The maximum Gasteiger partial charge on any atom is 0.119 e. The molecular weight excluding hydrogens is 234 g/mol. The van der Waals surface area contributed by atoms with Crippen molar-refractivity contribution >= 4 is 10.8 Å². The summed E-state index contributed by atoms with van der Waals surface area (Å²) in [6.07, 6.45) is 1.86. The molecule has 0 amide bonds. The van der Waals surface area contributed by atoms with Gasteiger partial charge in [-0.05, 0) is 36.1 Å². The fraction of sp³-hybridized carbons (Fsp3) is 0.118. The highest BCUT2D eigenvalue weighted by Crippen LogP contribution is 2.30. The molecule has 0 unspecified atom stereocenters. The van der Waals surface area contributed by atoms with Crippen molar-refractivity contribution in [2.75, 3.05) is 7.11 Å². The molecular formula is C17H15NO. The van der Waals surface area contributed by atoms with Crippen LogP contribution in [0.25, 0.3) is 22.0 Å². The van der Waals surface area contributed by atoms with Crippen molar-refractivity contribution in [3.63, 3.8) is 0 Å². The van der Waals surface area contributed by atoms with Crippen LogP contribution in [-0.4, -0.2) is 12.1 Å². The van der Waals surface area contributed by atoms with Crippen molar-refractivity contribution in [2.45, 2.75) is 6.92 Å². The predicted octanol–water partition coefficient (Wildman–Crippen LogP) is 4.22.